The summed E-state index contributed by atoms with van der Waals surface area (Å²) in [5, 5.41) is 9.82. The minimum absolute atomic E-state index is 0.0663. The summed E-state index contributed by atoms with van der Waals surface area (Å²) in [6.07, 6.45) is 5.91. The minimum atomic E-state index is -0.583. The number of esters is 1. The van der Waals surface area contributed by atoms with E-state index in [1.54, 1.807) is 6.92 Å². The zero-order valence-corrected chi connectivity index (χ0v) is 13.3. The van der Waals surface area contributed by atoms with Crippen LogP contribution < -0.4 is 0 Å². The SMILES string of the molecule is CCCCCCCC(C)C(=O)OC(C)C(O)C(C)C. The highest BCUT2D eigenvalue weighted by Gasteiger charge is 2.23. The topological polar surface area (TPSA) is 46.5 Å². The van der Waals surface area contributed by atoms with Gasteiger partial charge in [-0.25, -0.2) is 0 Å². The van der Waals surface area contributed by atoms with Gasteiger partial charge in [0, 0.05) is 0 Å². The molecule has 19 heavy (non-hydrogen) atoms. The monoisotopic (exact) mass is 272 g/mol. The Hall–Kier alpha value is -0.570. The third-order valence-corrected chi connectivity index (χ3v) is 3.61. The molecule has 0 bridgehead atoms. The van der Waals surface area contributed by atoms with Gasteiger partial charge in [0.05, 0.1) is 12.0 Å². The molecule has 0 aromatic heterocycles. The number of rotatable bonds is 10. The van der Waals surface area contributed by atoms with Crippen molar-refractivity contribution < 1.29 is 14.6 Å². The normalized spacial score (nSPS) is 16.2. The van der Waals surface area contributed by atoms with E-state index in [9.17, 15) is 9.90 Å². The highest BCUT2D eigenvalue weighted by Crippen LogP contribution is 2.16. The molecule has 0 fully saturated rings. The van der Waals surface area contributed by atoms with Crippen molar-refractivity contribution in [2.24, 2.45) is 11.8 Å². The van der Waals surface area contributed by atoms with Crippen molar-refractivity contribution in [3.63, 3.8) is 0 Å². The zero-order valence-electron chi connectivity index (χ0n) is 13.3. The van der Waals surface area contributed by atoms with Crippen LogP contribution in [0.25, 0.3) is 0 Å². The van der Waals surface area contributed by atoms with Crippen molar-refractivity contribution in [1.29, 1.82) is 0 Å². The number of hydrogen-bond donors (Lipinski definition) is 1. The van der Waals surface area contributed by atoms with Crippen LogP contribution in [-0.4, -0.2) is 23.3 Å². The first-order valence-electron chi connectivity index (χ1n) is 7.78. The van der Waals surface area contributed by atoms with E-state index in [4.69, 9.17) is 4.74 Å². The van der Waals surface area contributed by atoms with Crippen molar-refractivity contribution in [2.45, 2.75) is 85.4 Å². The molecule has 0 rings (SSSR count). The standard InChI is InChI=1S/C16H32O3/c1-6-7-8-9-10-11-13(4)16(18)19-14(5)15(17)12(2)3/h12-15,17H,6-11H2,1-5H3. The summed E-state index contributed by atoms with van der Waals surface area (Å²) in [5.41, 5.74) is 0. The summed E-state index contributed by atoms with van der Waals surface area (Å²) in [7, 11) is 0. The smallest absolute Gasteiger partial charge is 0.309 e. The maximum atomic E-state index is 11.9. The van der Waals surface area contributed by atoms with Gasteiger partial charge in [-0.1, -0.05) is 59.8 Å². The molecule has 0 saturated heterocycles. The van der Waals surface area contributed by atoms with Crippen molar-refractivity contribution in [1.82, 2.24) is 0 Å². The lowest BCUT2D eigenvalue weighted by atomic mass is 10.0. The van der Waals surface area contributed by atoms with Crippen LogP contribution in [0.1, 0.15) is 73.1 Å². The Morgan fingerprint density at radius 1 is 1.05 bits per heavy atom. The lowest BCUT2D eigenvalue weighted by molar-refractivity contribution is -0.159. The van der Waals surface area contributed by atoms with Crippen LogP contribution in [0.3, 0.4) is 0 Å². The molecular weight excluding hydrogens is 240 g/mol. The summed E-state index contributed by atoms with van der Waals surface area (Å²) >= 11 is 0. The van der Waals surface area contributed by atoms with Gasteiger partial charge in [-0.05, 0) is 19.3 Å². The van der Waals surface area contributed by atoms with Crippen molar-refractivity contribution in [2.75, 3.05) is 0 Å². The van der Waals surface area contributed by atoms with Gasteiger partial charge < -0.3 is 9.84 Å². The van der Waals surface area contributed by atoms with E-state index in [-0.39, 0.29) is 17.8 Å². The van der Waals surface area contributed by atoms with Crippen LogP contribution in [0, 0.1) is 11.8 Å². The average Bonchev–Trinajstić information content (AvgIpc) is 2.36. The Kier molecular flexibility index (Phi) is 9.94. The first kappa shape index (κ1) is 18.4. The molecule has 3 unspecified atom stereocenters. The lowest BCUT2D eigenvalue weighted by Crippen LogP contribution is -2.34. The van der Waals surface area contributed by atoms with Crippen LogP contribution in [-0.2, 0) is 9.53 Å². The lowest BCUT2D eigenvalue weighted by Gasteiger charge is -2.23. The molecule has 0 aromatic carbocycles. The highest BCUT2D eigenvalue weighted by atomic mass is 16.6. The summed E-state index contributed by atoms with van der Waals surface area (Å²) in [4.78, 5) is 11.9. The van der Waals surface area contributed by atoms with Gasteiger partial charge in [-0.3, -0.25) is 4.79 Å². The summed E-state index contributed by atoms with van der Waals surface area (Å²) in [6.45, 7) is 9.72. The predicted molar refractivity (Wildman–Crippen MR) is 78.9 cm³/mol. The molecule has 0 radical (unpaired) electrons. The number of aliphatic hydroxyl groups excluding tert-OH is 1. The van der Waals surface area contributed by atoms with Gasteiger partial charge in [0.2, 0.25) is 0 Å². The number of aliphatic hydroxyl groups is 1. The molecule has 0 spiro atoms. The largest absolute Gasteiger partial charge is 0.460 e. The van der Waals surface area contributed by atoms with Crippen molar-refractivity contribution in [3.05, 3.63) is 0 Å². The summed E-state index contributed by atoms with van der Waals surface area (Å²) < 4.78 is 5.32. The third kappa shape index (κ3) is 8.25. The first-order valence-corrected chi connectivity index (χ1v) is 7.78. The molecule has 0 saturated carbocycles. The van der Waals surface area contributed by atoms with Gasteiger partial charge in [-0.2, -0.15) is 0 Å². The Morgan fingerprint density at radius 3 is 2.16 bits per heavy atom. The summed E-state index contributed by atoms with van der Waals surface area (Å²) in [6, 6.07) is 0. The van der Waals surface area contributed by atoms with E-state index in [1.165, 1.54) is 25.7 Å². The summed E-state index contributed by atoms with van der Waals surface area (Å²) in [5.74, 6) is -0.140. The Morgan fingerprint density at radius 2 is 1.63 bits per heavy atom. The van der Waals surface area contributed by atoms with Gasteiger partial charge in [0.15, 0.2) is 0 Å². The van der Waals surface area contributed by atoms with Gasteiger partial charge in [0.25, 0.3) is 0 Å². The second kappa shape index (κ2) is 10.2. The Bertz CT molecular complexity index is 238. The van der Waals surface area contributed by atoms with Crippen molar-refractivity contribution >= 4 is 5.97 Å². The van der Waals surface area contributed by atoms with E-state index in [0.29, 0.717) is 0 Å². The molecule has 3 atom stereocenters. The second-order valence-electron chi connectivity index (χ2n) is 5.98. The molecule has 0 aromatic rings. The zero-order chi connectivity index (χ0) is 14.8. The van der Waals surface area contributed by atoms with E-state index in [1.807, 2.05) is 20.8 Å². The number of hydrogen-bond acceptors (Lipinski definition) is 3. The van der Waals surface area contributed by atoms with Crippen molar-refractivity contribution in [3.8, 4) is 0 Å². The molecule has 0 aliphatic rings. The molecule has 0 aliphatic heterocycles. The fraction of sp³-hybridized carbons (Fsp3) is 0.938. The number of carbonyl (C=O) groups excluding carboxylic acids is 1. The first-order chi connectivity index (χ1) is 8.90. The molecule has 0 heterocycles. The van der Waals surface area contributed by atoms with E-state index >= 15 is 0 Å². The number of carbonyl (C=O) groups is 1. The van der Waals surface area contributed by atoms with E-state index in [2.05, 4.69) is 6.92 Å². The molecule has 3 heteroatoms. The van der Waals surface area contributed by atoms with Gasteiger partial charge >= 0.3 is 5.97 Å². The minimum Gasteiger partial charge on any atom is -0.460 e. The number of ether oxygens (including phenoxy) is 1. The molecule has 0 aliphatic carbocycles. The Labute approximate surface area is 118 Å². The molecule has 1 N–H and O–H groups in total. The fourth-order valence-electron chi connectivity index (χ4n) is 2.08. The maximum absolute atomic E-state index is 11.9. The van der Waals surface area contributed by atoms with Crippen LogP contribution in [0.4, 0.5) is 0 Å². The van der Waals surface area contributed by atoms with Crippen LogP contribution >= 0.6 is 0 Å². The van der Waals surface area contributed by atoms with Gasteiger partial charge in [0.1, 0.15) is 6.10 Å². The fourth-order valence-corrected chi connectivity index (χ4v) is 2.08. The van der Waals surface area contributed by atoms with Gasteiger partial charge in [-0.15, -0.1) is 0 Å². The average molecular weight is 272 g/mol. The number of unbranched alkanes of at least 4 members (excludes halogenated alkanes) is 4. The van der Waals surface area contributed by atoms with Crippen LogP contribution in [0.15, 0.2) is 0 Å². The van der Waals surface area contributed by atoms with E-state index < -0.39 is 12.2 Å². The van der Waals surface area contributed by atoms with E-state index in [0.717, 1.165) is 12.8 Å². The third-order valence-electron chi connectivity index (χ3n) is 3.61. The molecule has 0 amide bonds. The molecule has 3 nitrogen and oxygen atoms in total. The highest BCUT2D eigenvalue weighted by molar-refractivity contribution is 5.72. The maximum Gasteiger partial charge on any atom is 0.309 e. The van der Waals surface area contributed by atoms with Crippen LogP contribution in [0.2, 0.25) is 0 Å². The predicted octanol–water partition coefficient (Wildman–Crippen LogP) is 3.93. The molecule has 114 valence electrons. The second-order valence-corrected chi connectivity index (χ2v) is 5.98. The Balaban J connectivity index is 3.87. The molecular formula is C16H32O3. The van der Waals surface area contributed by atoms with Crippen LogP contribution in [0.5, 0.6) is 0 Å². The quantitative estimate of drug-likeness (QED) is 0.484.